The van der Waals surface area contributed by atoms with E-state index in [-0.39, 0.29) is 0 Å². The molecule has 20 heavy (non-hydrogen) atoms. The maximum Gasteiger partial charge on any atom is 0.0849 e. The molecule has 0 bridgehead atoms. The fourth-order valence-electron chi connectivity index (χ4n) is 2.54. The minimum atomic E-state index is 0.340. The van der Waals surface area contributed by atoms with Crippen molar-refractivity contribution < 1.29 is 0 Å². The highest BCUT2D eigenvalue weighted by Gasteiger charge is 2.15. The number of aryl methyl sites for hydroxylation is 2. The van der Waals surface area contributed by atoms with Crippen molar-refractivity contribution in [2.24, 2.45) is 7.05 Å². The van der Waals surface area contributed by atoms with E-state index in [4.69, 9.17) is 11.6 Å². The molecule has 2 aromatic rings. The lowest BCUT2D eigenvalue weighted by molar-refractivity contribution is 0.535. The Kier molecular flexibility index (Phi) is 5.21. The van der Waals surface area contributed by atoms with Gasteiger partial charge in [0.2, 0.25) is 0 Å². The second kappa shape index (κ2) is 6.91. The number of nitrogens with one attached hydrogen (secondary N) is 1. The van der Waals surface area contributed by atoms with Crippen LogP contribution in [0.5, 0.6) is 0 Å². The van der Waals surface area contributed by atoms with E-state index in [0.29, 0.717) is 6.04 Å². The molecule has 1 atom stereocenters. The highest BCUT2D eigenvalue weighted by Crippen LogP contribution is 2.25. The molecule has 1 unspecified atom stereocenters. The third-order valence-corrected chi connectivity index (χ3v) is 4.16. The number of aromatic nitrogens is 2. The number of hydrogen-bond acceptors (Lipinski definition) is 2. The van der Waals surface area contributed by atoms with E-state index in [1.165, 1.54) is 5.56 Å². The fourth-order valence-corrected chi connectivity index (χ4v) is 2.92. The number of nitrogens with zero attached hydrogens (tertiary/aromatic N) is 2. The molecule has 0 spiro atoms. The summed E-state index contributed by atoms with van der Waals surface area (Å²) in [7, 11) is 3.97. The second-order valence-corrected chi connectivity index (χ2v) is 5.35. The fraction of sp³-hybridized carbons (Fsp3) is 0.438. The maximum absolute atomic E-state index is 6.40. The number of hydrogen-bond donors (Lipinski definition) is 1. The van der Waals surface area contributed by atoms with Crippen LogP contribution in [0.2, 0.25) is 5.02 Å². The Morgan fingerprint density at radius 2 is 2.00 bits per heavy atom. The Morgan fingerprint density at radius 1 is 1.30 bits per heavy atom. The molecule has 0 aliphatic carbocycles. The molecular formula is C16H22ClN3. The largest absolute Gasteiger partial charge is 0.313 e. The molecule has 108 valence electrons. The van der Waals surface area contributed by atoms with Gasteiger partial charge in [0.05, 0.1) is 16.4 Å². The summed E-state index contributed by atoms with van der Waals surface area (Å²) < 4.78 is 1.92. The van der Waals surface area contributed by atoms with Gasteiger partial charge in [-0.2, -0.15) is 5.10 Å². The van der Waals surface area contributed by atoms with Gasteiger partial charge in [-0.1, -0.05) is 48.9 Å². The van der Waals surface area contributed by atoms with Crippen molar-refractivity contribution in [1.29, 1.82) is 0 Å². The van der Waals surface area contributed by atoms with Crippen LogP contribution >= 0.6 is 11.6 Å². The van der Waals surface area contributed by atoms with Crippen LogP contribution in [0.1, 0.15) is 36.3 Å². The molecule has 2 rings (SSSR count). The summed E-state index contributed by atoms with van der Waals surface area (Å²) in [5, 5.41) is 8.68. The summed E-state index contributed by atoms with van der Waals surface area (Å²) in [5.41, 5.74) is 3.42. The van der Waals surface area contributed by atoms with Crippen molar-refractivity contribution >= 4 is 11.6 Å². The average molecular weight is 292 g/mol. The Morgan fingerprint density at radius 3 is 2.55 bits per heavy atom. The molecule has 4 heteroatoms. The van der Waals surface area contributed by atoms with Gasteiger partial charge in [-0.15, -0.1) is 0 Å². The molecule has 0 radical (unpaired) electrons. The molecule has 1 aromatic heterocycles. The SMILES string of the molecule is CCc1nn(C)c(CCC(NC)c2ccccc2)c1Cl. The summed E-state index contributed by atoms with van der Waals surface area (Å²) >= 11 is 6.40. The van der Waals surface area contributed by atoms with Gasteiger partial charge in [-0.05, 0) is 31.9 Å². The summed E-state index contributed by atoms with van der Waals surface area (Å²) in [6, 6.07) is 10.8. The summed E-state index contributed by atoms with van der Waals surface area (Å²) in [6.45, 7) is 2.08. The van der Waals surface area contributed by atoms with Crippen LogP contribution in [0.4, 0.5) is 0 Å². The standard InChI is InChI=1S/C16H22ClN3/c1-4-13-16(17)15(20(3)19-13)11-10-14(18-2)12-8-6-5-7-9-12/h5-9,14,18H,4,10-11H2,1-3H3. The molecule has 0 saturated heterocycles. The van der Waals surface area contributed by atoms with Crippen LogP contribution in [0, 0.1) is 0 Å². The highest BCUT2D eigenvalue weighted by atomic mass is 35.5. The highest BCUT2D eigenvalue weighted by molar-refractivity contribution is 6.31. The Balaban J connectivity index is 2.09. The van der Waals surface area contributed by atoms with E-state index in [0.717, 1.165) is 35.7 Å². The lowest BCUT2D eigenvalue weighted by Crippen LogP contribution is -2.17. The number of rotatable bonds is 6. The average Bonchev–Trinajstić information content (AvgIpc) is 2.76. The molecule has 0 amide bonds. The molecule has 1 heterocycles. The molecule has 1 aromatic carbocycles. The minimum Gasteiger partial charge on any atom is -0.313 e. The Hall–Kier alpha value is -1.32. The van der Waals surface area contributed by atoms with E-state index in [1.54, 1.807) is 0 Å². The first-order valence-electron chi connectivity index (χ1n) is 7.09. The van der Waals surface area contributed by atoms with E-state index in [2.05, 4.69) is 41.6 Å². The zero-order valence-electron chi connectivity index (χ0n) is 12.4. The van der Waals surface area contributed by atoms with Gasteiger partial charge < -0.3 is 5.32 Å². The second-order valence-electron chi connectivity index (χ2n) is 4.98. The predicted molar refractivity (Wildman–Crippen MR) is 84.2 cm³/mol. The quantitative estimate of drug-likeness (QED) is 0.882. The van der Waals surface area contributed by atoms with Crippen molar-refractivity contribution in [2.75, 3.05) is 7.05 Å². The van der Waals surface area contributed by atoms with Crippen molar-refractivity contribution in [3.63, 3.8) is 0 Å². The molecule has 0 fully saturated rings. The van der Waals surface area contributed by atoms with Gasteiger partial charge in [-0.3, -0.25) is 4.68 Å². The lowest BCUT2D eigenvalue weighted by atomic mass is 10.0. The van der Waals surface area contributed by atoms with Gasteiger partial charge in [0.15, 0.2) is 0 Å². The Labute approximate surface area is 126 Å². The van der Waals surface area contributed by atoms with E-state index < -0.39 is 0 Å². The normalized spacial score (nSPS) is 12.6. The van der Waals surface area contributed by atoms with Crippen LogP contribution in [0.3, 0.4) is 0 Å². The zero-order valence-corrected chi connectivity index (χ0v) is 13.1. The third kappa shape index (κ3) is 3.22. The Bertz CT molecular complexity index is 548. The van der Waals surface area contributed by atoms with Gasteiger partial charge in [-0.25, -0.2) is 0 Å². The summed E-state index contributed by atoms with van der Waals surface area (Å²) in [5.74, 6) is 0. The van der Waals surface area contributed by atoms with Crippen LogP contribution in [0.25, 0.3) is 0 Å². The van der Waals surface area contributed by atoms with Gasteiger partial charge >= 0.3 is 0 Å². The first-order chi connectivity index (χ1) is 9.67. The predicted octanol–water partition coefficient (Wildman–Crippen LogP) is 3.53. The topological polar surface area (TPSA) is 29.9 Å². The van der Waals surface area contributed by atoms with Crippen LogP contribution in [-0.2, 0) is 19.9 Å². The van der Waals surface area contributed by atoms with Gasteiger partial charge in [0.1, 0.15) is 0 Å². The van der Waals surface area contributed by atoms with Gasteiger partial charge in [0, 0.05) is 13.1 Å². The van der Waals surface area contributed by atoms with E-state index in [1.807, 2.05) is 24.8 Å². The monoisotopic (exact) mass is 291 g/mol. The molecule has 0 aliphatic heterocycles. The zero-order chi connectivity index (χ0) is 14.5. The smallest absolute Gasteiger partial charge is 0.0849 e. The summed E-state index contributed by atoms with van der Waals surface area (Å²) in [6.07, 6.45) is 2.80. The lowest BCUT2D eigenvalue weighted by Gasteiger charge is -2.16. The van der Waals surface area contributed by atoms with E-state index in [9.17, 15) is 0 Å². The van der Waals surface area contributed by atoms with Crippen LogP contribution < -0.4 is 5.32 Å². The van der Waals surface area contributed by atoms with Crippen molar-refractivity contribution in [3.05, 3.63) is 52.3 Å². The third-order valence-electron chi connectivity index (χ3n) is 3.72. The van der Waals surface area contributed by atoms with Crippen LogP contribution in [-0.4, -0.2) is 16.8 Å². The van der Waals surface area contributed by atoms with Crippen molar-refractivity contribution in [3.8, 4) is 0 Å². The van der Waals surface area contributed by atoms with Crippen molar-refractivity contribution in [1.82, 2.24) is 15.1 Å². The van der Waals surface area contributed by atoms with Gasteiger partial charge in [0.25, 0.3) is 0 Å². The molecule has 0 aliphatic rings. The van der Waals surface area contributed by atoms with E-state index >= 15 is 0 Å². The first-order valence-corrected chi connectivity index (χ1v) is 7.47. The number of halogens is 1. The first kappa shape index (κ1) is 15.1. The van der Waals surface area contributed by atoms with Crippen molar-refractivity contribution in [2.45, 2.75) is 32.2 Å². The molecular weight excluding hydrogens is 270 g/mol. The molecule has 1 N–H and O–H groups in total. The van der Waals surface area contributed by atoms with Crippen LogP contribution in [0.15, 0.2) is 30.3 Å². The minimum absolute atomic E-state index is 0.340. The molecule has 0 saturated carbocycles. The number of benzene rings is 1. The molecule has 3 nitrogen and oxygen atoms in total. The maximum atomic E-state index is 6.40. The summed E-state index contributed by atoms with van der Waals surface area (Å²) in [4.78, 5) is 0.